The number of nitrogens with one attached hydrogen (secondary N) is 1. The summed E-state index contributed by atoms with van der Waals surface area (Å²) in [5.41, 5.74) is 3.21. The second-order valence-corrected chi connectivity index (χ2v) is 10.3. The molecule has 3 aliphatic rings. The van der Waals surface area contributed by atoms with E-state index in [0.717, 1.165) is 35.9 Å². The lowest BCUT2D eigenvalue weighted by Gasteiger charge is -2.38. The number of hydrogen-bond acceptors (Lipinski definition) is 6. The molecule has 2 aromatic heterocycles. The molecule has 0 unspecified atom stereocenters. The summed E-state index contributed by atoms with van der Waals surface area (Å²) >= 11 is 6.30. The predicted molar refractivity (Wildman–Crippen MR) is 132 cm³/mol. The van der Waals surface area contributed by atoms with Crippen LogP contribution in [-0.4, -0.2) is 52.8 Å². The Hall–Kier alpha value is -2.59. The minimum atomic E-state index is -4.67. The Bertz CT molecular complexity index is 1250. The molecule has 1 atom stereocenters. The minimum absolute atomic E-state index is 0.0597. The number of morpholine rings is 1. The van der Waals surface area contributed by atoms with Crippen LogP contribution in [0.3, 0.4) is 0 Å². The van der Waals surface area contributed by atoms with Crippen LogP contribution >= 0.6 is 11.6 Å². The molecule has 1 aromatic carbocycles. The van der Waals surface area contributed by atoms with Crippen molar-refractivity contribution in [2.45, 2.75) is 50.7 Å². The Morgan fingerprint density at radius 3 is 2.53 bits per heavy atom. The van der Waals surface area contributed by atoms with Crippen LogP contribution < -0.4 is 9.80 Å². The standard InChI is InChI=1S/C25H28ClF3N6O/c26-16-5-6-19-18(14-16)17-7-8-35(20(21(17)30-19)13-15-3-1-2-4-15)24-32-22(25(27,28)29)31-23(33-24)34-9-11-36-12-10-34/h5-6,14-15,20,30H,1-4,7-13H2/t20-/m0/s1. The van der Waals surface area contributed by atoms with Gasteiger partial charge in [0, 0.05) is 41.3 Å². The van der Waals surface area contributed by atoms with E-state index < -0.39 is 12.0 Å². The van der Waals surface area contributed by atoms with Crippen molar-refractivity contribution in [2.24, 2.45) is 5.92 Å². The molecule has 0 spiro atoms. The Balaban J connectivity index is 1.44. The number of aromatic amines is 1. The van der Waals surface area contributed by atoms with E-state index >= 15 is 0 Å². The van der Waals surface area contributed by atoms with Crippen molar-refractivity contribution in [1.29, 1.82) is 0 Å². The third-order valence-corrected chi connectivity index (χ3v) is 7.90. The van der Waals surface area contributed by atoms with Crippen LogP contribution in [0.2, 0.25) is 5.02 Å². The lowest BCUT2D eigenvalue weighted by Crippen LogP contribution is -2.40. The summed E-state index contributed by atoms with van der Waals surface area (Å²) in [5.74, 6) is -0.488. The number of aromatic nitrogens is 4. The van der Waals surface area contributed by atoms with Gasteiger partial charge in [0.25, 0.3) is 0 Å². The zero-order valence-electron chi connectivity index (χ0n) is 19.8. The van der Waals surface area contributed by atoms with Gasteiger partial charge in [-0.1, -0.05) is 37.3 Å². The monoisotopic (exact) mass is 520 g/mol. The number of H-pyrrole nitrogens is 1. The van der Waals surface area contributed by atoms with Gasteiger partial charge in [-0.3, -0.25) is 0 Å². The van der Waals surface area contributed by atoms with Gasteiger partial charge in [-0.15, -0.1) is 0 Å². The highest BCUT2D eigenvalue weighted by Gasteiger charge is 2.39. The molecule has 4 heterocycles. The van der Waals surface area contributed by atoms with E-state index in [9.17, 15) is 13.2 Å². The quantitative estimate of drug-likeness (QED) is 0.486. The van der Waals surface area contributed by atoms with Crippen LogP contribution in [0.1, 0.15) is 55.2 Å². The Kier molecular flexibility index (Phi) is 6.19. The lowest BCUT2D eigenvalue weighted by atomic mass is 9.90. The molecule has 1 N–H and O–H groups in total. The smallest absolute Gasteiger partial charge is 0.378 e. The average molecular weight is 521 g/mol. The van der Waals surface area contributed by atoms with Crippen LogP contribution in [0.5, 0.6) is 0 Å². The van der Waals surface area contributed by atoms with Crippen LogP contribution in [0.15, 0.2) is 18.2 Å². The summed E-state index contributed by atoms with van der Waals surface area (Å²) in [6.45, 7) is 2.26. The summed E-state index contributed by atoms with van der Waals surface area (Å²) in [5, 5.41) is 1.75. The van der Waals surface area contributed by atoms with Gasteiger partial charge in [-0.25, -0.2) is 0 Å². The topological polar surface area (TPSA) is 70.2 Å². The second kappa shape index (κ2) is 9.37. The maximum absolute atomic E-state index is 13.9. The first-order valence-electron chi connectivity index (χ1n) is 12.6. The third-order valence-electron chi connectivity index (χ3n) is 7.66. The number of fused-ring (bicyclic) bond motifs is 3. The first-order chi connectivity index (χ1) is 17.4. The molecule has 7 nitrogen and oxygen atoms in total. The first-order valence-corrected chi connectivity index (χ1v) is 13.0. The number of hydrogen-bond donors (Lipinski definition) is 1. The fourth-order valence-corrected chi connectivity index (χ4v) is 6.07. The highest BCUT2D eigenvalue weighted by molar-refractivity contribution is 6.31. The van der Waals surface area contributed by atoms with Crippen molar-refractivity contribution < 1.29 is 17.9 Å². The number of nitrogens with zero attached hydrogens (tertiary/aromatic N) is 5. The molecule has 0 amide bonds. The number of alkyl halides is 3. The largest absolute Gasteiger partial charge is 0.451 e. The van der Waals surface area contributed by atoms with Crippen molar-refractivity contribution in [3.05, 3.63) is 40.3 Å². The molecule has 2 fully saturated rings. The van der Waals surface area contributed by atoms with E-state index in [0.29, 0.717) is 50.2 Å². The molecule has 3 aromatic rings. The Morgan fingerprint density at radius 1 is 1.03 bits per heavy atom. The lowest BCUT2D eigenvalue weighted by molar-refractivity contribution is -0.145. The fraction of sp³-hybridized carbons (Fsp3) is 0.560. The van der Waals surface area contributed by atoms with E-state index in [1.807, 2.05) is 23.1 Å². The molecule has 0 radical (unpaired) electrons. The van der Waals surface area contributed by atoms with Crippen LogP contribution in [0.25, 0.3) is 10.9 Å². The van der Waals surface area contributed by atoms with E-state index in [-0.39, 0.29) is 17.9 Å². The number of rotatable bonds is 4. The summed E-state index contributed by atoms with van der Waals surface area (Å²) in [4.78, 5) is 19.7. The van der Waals surface area contributed by atoms with E-state index in [1.54, 1.807) is 4.90 Å². The molecule has 11 heteroatoms. The fourth-order valence-electron chi connectivity index (χ4n) is 5.90. The maximum atomic E-state index is 13.9. The van der Waals surface area contributed by atoms with Crippen LogP contribution in [0, 0.1) is 5.92 Å². The molecule has 2 aliphatic heterocycles. The molecular weight excluding hydrogens is 493 g/mol. The minimum Gasteiger partial charge on any atom is -0.378 e. The number of ether oxygens (including phenoxy) is 1. The van der Waals surface area contributed by atoms with Gasteiger partial charge in [0.15, 0.2) is 0 Å². The van der Waals surface area contributed by atoms with Gasteiger partial charge in [0.2, 0.25) is 17.7 Å². The average Bonchev–Trinajstić information content (AvgIpc) is 3.52. The summed E-state index contributed by atoms with van der Waals surface area (Å²) < 4.78 is 47.0. The highest BCUT2D eigenvalue weighted by Crippen LogP contribution is 2.43. The molecule has 1 saturated heterocycles. The van der Waals surface area contributed by atoms with Gasteiger partial charge in [0.05, 0.1) is 19.3 Å². The molecular formula is C25H28ClF3N6O. The number of anilines is 2. The van der Waals surface area contributed by atoms with Gasteiger partial charge in [-0.2, -0.15) is 28.1 Å². The summed E-state index contributed by atoms with van der Waals surface area (Å²) in [7, 11) is 0. The van der Waals surface area contributed by atoms with Crippen molar-refractivity contribution in [1.82, 2.24) is 19.9 Å². The van der Waals surface area contributed by atoms with E-state index in [1.165, 1.54) is 18.4 Å². The maximum Gasteiger partial charge on any atom is 0.451 e. The summed E-state index contributed by atoms with van der Waals surface area (Å²) in [6.07, 6.45) is 1.49. The molecule has 0 bridgehead atoms. The molecule has 6 rings (SSSR count). The molecule has 1 aliphatic carbocycles. The van der Waals surface area contributed by atoms with E-state index in [2.05, 4.69) is 19.9 Å². The van der Waals surface area contributed by atoms with Gasteiger partial charge in [0.1, 0.15) is 0 Å². The Morgan fingerprint density at radius 2 is 1.78 bits per heavy atom. The first kappa shape index (κ1) is 23.8. The van der Waals surface area contributed by atoms with E-state index in [4.69, 9.17) is 16.3 Å². The van der Waals surface area contributed by atoms with Crippen molar-refractivity contribution in [3.8, 4) is 0 Å². The SMILES string of the molecule is FC(F)(F)c1nc(N2CCOCC2)nc(N2CCc3c([nH]c4ccc(Cl)cc34)[C@@H]2CC2CCCC2)n1. The van der Waals surface area contributed by atoms with Crippen molar-refractivity contribution in [2.75, 3.05) is 42.6 Å². The van der Waals surface area contributed by atoms with Gasteiger partial charge >= 0.3 is 6.18 Å². The Labute approximate surface area is 212 Å². The molecule has 192 valence electrons. The zero-order valence-corrected chi connectivity index (χ0v) is 20.6. The third kappa shape index (κ3) is 4.49. The zero-order chi connectivity index (χ0) is 24.9. The van der Waals surface area contributed by atoms with Crippen LogP contribution in [0.4, 0.5) is 25.1 Å². The second-order valence-electron chi connectivity index (χ2n) is 9.91. The molecule has 36 heavy (non-hydrogen) atoms. The molecule has 1 saturated carbocycles. The normalized spacial score (nSPS) is 21.4. The number of halogens is 4. The van der Waals surface area contributed by atoms with Gasteiger partial charge < -0.3 is 19.5 Å². The summed E-state index contributed by atoms with van der Waals surface area (Å²) in [6, 6.07) is 5.64. The predicted octanol–water partition coefficient (Wildman–Crippen LogP) is 5.55. The van der Waals surface area contributed by atoms with Gasteiger partial charge in [-0.05, 0) is 42.5 Å². The highest BCUT2D eigenvalue weighted by atomic mass is 35.5. The van der Waals surface area contributed by atoms with Crippen molar-refractivity contribution >= 4 is 34.4 Å². The number of benzene rings is 1. The van der Waals surface area contributed by atoms with Crippen LogP contribution in [-0.2, 0) is 17.3 Å². The van der Waals surface area contributed by atoms with Crippen molar-refractivity contribution in [3.63, 3.8) is 0 Å².